The van der Waals surface area contributed by atoms with Crippen LogP contribution in [0.5, 0.6) is 0 Å². The molecule has 1 fully saturated rings. The zero-order valence-corrected chi connectivity index (χ0v) is 15.7. The van der Waals surface area contributed by atoms with Crippen LogP contribution in [0.15, 0.2) is 16.7 Å². The number of carbonyl (C=O) groups is 1. The second-order valence-corrected chi connectivity index (χ2v) is 7.43. The summed E-state index contributed by atoms with van der Waals surface area (Å²) in [4.78, 5) is 14.4. The second-order valence-electron chi connectivity index (χ2n) is 7.43. The van der Waals surface area contributed by atoms with Crippen molar-refractivity contribution >= 4 is 11.7 Å². The maximum absolute atomic E-state index is 13.6. The highest BCUT2D eigenvalue weighted by atomic mass is 19.4. The van der Waals surface area contributed by atoms with Crippen LogP contribution in [0.4, 0.5) is 19.0 Å². The van der Waals surface area contributed by atoms with Gasteiger partial charge in [-0.2, -0.15) is 18.3 Å². The average Bonchev–Trinajstić information content (AvgIpc) is 3.37. The summed E-state index contributed by atoms with van der Waals surface area (Å²) in [6.45, 7) is 4.08. The predicted molar refractivity (Wildman–Crippen MR) is 93.9 cm³/mol. The third-order valence-corrected chi connectivity index (χ3v) is 5.47. The third kappa shape index (κ3) is 3.24. The lowest BCUT2D eigenvalue weighted by Gasteiger charge is -2.32. The highest BCUT2D eigenvalue weighted by Gasteiger charge is 2.46. The Morgan fingerprint density at radius 1 is 1.39 bits per heavy atom. The van der Waals surface area contributed by atoms with Gasteiger partial charge >= 0.3 is 6.18 Å². The van der Waals surface area contributed by atoms with E-state index in [1.54, 1.807) is 24.0 Å². The zero-order valence-electron chi connectivity index (χ0n) is 15.7. The Balaban J connectivity index is 1.64. The van der Waals surface area contributed by atoms with E-state index in [9.17, 15) is 18.0 Å². The van der Waals surface area contributed by atoms with Gasteiger partial charge < -0.3 is 14.7 Å². The van der Waals surface area contributed by atoms with Crippen LogP contribution in [0.3, 0.4) is 0 Å². The van der Waals surface area contributed by atoms with E-state index in [0.29, 0.717) is 36.6 Å². The molecule has 0 aromatic carbocycles. The van der Waals surface area contributed by atoms with Crippen molar-refractivity contribution < 1.29 is 22.5 Å². The molecule has 4 heterocycles. The van der Waals surface area contributed by atoms with Crippen molar-refractivity contribution in [2.75, 3.05) is 11.9 Å². The Hall–Kier alpha value is -2.52. The van der Waals surface area contributed by atoms with Crippen molar-refractivity contribution in [1.29, 1.82) is 0 Å². The number of hydrogen-bond acceptors (Lipinski definition) is 5. The number of halogens is 3. The zero-order chi connectivity index (χ0) is 20.1. The number of hydrogen-bond donors (Lipinski definition) is 1. The molecule has 1 N–H and O–H groups in total. The number of nitrogens with zero attached hydrogens (tertiary/aromatic N) is 4. The molecule has 4 rings (SSSR count). The van der Waals surface area contributed by atoms with E-state index in [2.05, 4.69) is 15.6 Å². The molecule has 2 aromatic rings. The molecule has 2 aliphatic heterocycles. The van der Waals surface area contributed by atoms with Crippen LogP contribution in [-0.4, -0.2) is 44.5 Å². The summed E-state index contributed by atoms with van der Waals surface area (Å²) >= 11 is 0. The number of anilines is 1. The Kier molecular flexibility index (Phi) is 4.59. The number of rotatable bonds is 3. The molecule has 7 nitrogen and oxygen atoms in total. The van der Waals surface area contributed by atoms with E-state index in [-0.39, 0.29) is 30.2 Å². The Morgan fingerprint density at radius 3 is 2.82 bits per heavy atom. The van der Waals surface area contributed by atoms with Gasteiger partial charge in [-0.25, -0.2) is 4.68 Å². The minimum Gasteiger partial charge on any atom is -0.367 e. The third-order valence-electron chi connectivity index (χ3n) is 5.47. The van der Waals surface area contributed by atoms with Gasteiger partial charge in [-0.15, -0.1) is 0 Å². The molecule has 2 aliphatic rings. The van der Waals surface area contributed by atoms with Gasteiger partial charge in [0.25, 0.3) is 5.91 Å². The van der Waals surface area contributed by atoms with Gasteiger partial charge in [0, 0.05) is 24.7 Å². The molecule has 0 aliphatic carbocycles. The van der Waals surface area contributed by atoms with Crippen molar-refractivity contribution in [3.05, 3.63) is 29.3 Å². The first-order valence-electron chi connectivity index (χ1n) is 9.45. The summed E-state index contributed by atoms with van der Waals surface area (Å²) in [5, 5.41) is 11.2. The van der Waals surface area contributed by atoms with Crippen molar-refractivity contribution in [1.82, 2.24) is 19.8 Å². The number of likely N-dealkylation sites (tertiary alicyclic amines) is 1. The molecule has 1 unspecified atom stereocenters. The monoisotopic (exact) mass is 397 g/mol. The Labute approximate surface area is 159 Å². The minimum absolute atomic E-state index is 0.0568. The quantitative estimate of drug-likeness (QED) is 0.851. The molecular weight excluding hydrogens is 375 g/mol. The Bertz CT molecular complexity index is 875. The average molecular weight is 397 g/mol. The van der Waals surface area contributed by atoms with Crippen LogP contribution in [0.1, 0.15) is 66.6 Å². The lowest BCUT2D eigenvalue weighted by molar-refractivity contribution is -0.173. The SMILES string of the molecule is CC[C@@H]1C[C@H](C(F)(F)F)n2nc(C3CCCN3C(=O)c3cc(C)no3)cc2N1. The fourth-order valence-electron chi connectivity index (χ4n) is 4.02. The van der Waals surface area contributed by atoms with Crippen molar-refractivity contribution in [3.8, 4) is 0 Å². The predicted octanol–water partition coefficient (Wildman–Crippen LogP) is 3.85. The summed E-state index contributed by atoms with van der Waals surface area (Å²) in [6, 6.07) is 0.893. The second kappa shape index (κ2) is 6.82. The summed E-state index contributed by atoms with van der Waals surface area (Å²) in [6.07, 6.45) is -2.45. The van der Waals surface area contributed by atoms with Crippen molar-refractivity contribution in [2.24, 2.45) is 0 Å². The topological polar surface area (TPSA) is 76.2 Å². The Morgan fingerprint density at radius 2 is 2.18 bits per heavy atom. The van der Waals surface area contributed by atoms with E-state index in [1.807, 2.05) is 6.92 Å². The molecule has 152 valence electrons. The van der Waals surface area contributed by atoms with Gasteiger partial charge in [0.15, 0.2) is 6.04 Å². The highest BCUT2D eigenvalue weighted by molar-refractivity contribution is 5.92. The van der Waals surface area contributed by atoms with E-state index in [0.717, 1.165) is 11.1 Å². The van der Waals surface area contributed by atoms with Gasteiger partial charge in [-0.3, -0.25) is 4.79 Å². The molecule has 2 aromatic heterocycles. The van der Waals surface area contributed by atoms with Crippen LogP contribution < -0.4 is 5.32 Å². The maximum Gasteiger partial charge on any atom is 0.410 e. The number of aryl methyl sites for hydroxylation is 1. The van der Waals surface area contributed by atoms with Gasteiger partial charge in [-0.1, -0.05) is 12.1 Å². The number of carbonyl (C=O) groups excluding carboxylic acids is 1. The van der Waals surface area contributed by atoms with E-state index >= 15 is 0 Å². The molecule has 10 heteroatoms. The molecule has 3 atom stereocenters. The first-order chi connectivity index (χ1) is 13.3. The first-order valence-corrected chi connectivity index (χ1v) is 9.45. The minimum atomic E-state index is -4.38. The van der Waals surface area contributed by atoms with Crippen LogP contribution in [0, 0.1) is 6.92 Å². The number of aromatic nitrogens is 3. The van der Waals surface area contributed by atoms with Crippen LogP contribution in [-0.2, 0) is 0 Å². The number of amides is 1. The lowest BCUT2D eigenvalue weighted by atomic mass is 10.0. The van der Waals surface area contributed by atoms with E-state index < -0.39 is 12.2 Å². The van der Waals surface area contributed by atoms with Crippen LogP contribution in [0.25, 0.3) is 0 Å². The fourth-order valence-corrected chi connectivity index (χ4v) is 4.02. The van der Waals surface area contributed by atoms with Crippen LogP contribution >= 0.6 is 0 Å². The summed E-state index contributed by atoms with van der Waals surface area (Å²) in [7, 11) is 0. The van der Waals surface area contributed by atoms with Gasteiger partial charge in [-0.05, 0) is 32.6 Å². The fraction of sp³-hybridized carbons (Fsp3) is 0.611. The standard InChI is InChI=1S/C18H22F3N5O2/c1-3-11-8-15(18(19,20)21)26-16(22-11)9-12(23-26)13-5-4-6-25(13)17(27)14-7-10(2)24-28-14/h7,9,11,13,15,22H,3-6,8H2,1-2H3/t11-,13?,15-/m1/s1. The molecule has 0 saturated carbocycles. The van der Waals surface area contributed by atoms with Gasteiger partial charge in [0.2, 0.25) is 5.76 Å². The smallest absolute Gasteiger partial charge is 0.367 e. The normalized spacial score (nSPS) is 24.9. The maximum atomic E-state index is 13.6. The highest BCUT2D eigenvalue weighted by Crippen LogP contribution is 2.42. The molecular formula is C18H22F3N5O2. The molecule has 0 spiro atoms. The van der Waals surface area contributed by atoms with E-state index in [1.165, 1.54) is 0 Å². The number of alkyl halides is 3. The van der Waals surface area contributed by atoms with Crippen LogP contribution in [0.2, 0.25) is 0 Å². The summed E-state index contributed by atoms with van der Waals surface area (Å²) in [5.74, 6) is 0.164. The largest absolute Gasteiger partial charge is 0.410 e. The molecule has 0 radical (unpaired) electrons. The molecule has 28 heavy (non-hydrogen) atoms. The molecule has 1 saturated heterocycles. The summed E-state index contributed by atoms with van der Waals surface area (Å²) in [5.41, 5.74) is 1.06. The first kappa shape index (κ1) is 18.8. The van der Waals surface area contributed by atoms with Crippen molar-refractivity contribution in [2.45, 2.75) is 63.8 Å². The van der Waals surface area contributed by atoms with Gasteiger partial charge in [0.1, 0.15) is 5.82 Å². The summed E-state index contributed by atoms with van der Waals surface area (Å²) < 4.78 is 46.8. The van der Waals surface area contributed by atoms with Crippen molar-refractivity contribution in [3.63, 3.8) is 0 Å². The molecule has 1 amide bonds. The number of nitrogens with one attached hydrogen (secondary N) is 1. The molecule has 0 bridgehead atoms. The van der Waals surface area contributed by atoms with Gasteiger partial charge in [0.05, 0.1) is 17.4 Å². The van der Waals surface area contributed by atoms with E-state index in [4.69, 9.17) is 4.52 Å². The number of fused-ring (bicyclic) bond motifs is 1. The lowest BCUT2D eigenvalue weighted by Crippen LogP contribution is -2.39.